The van der Waals surface area contributed by atoms with Gasteiger partial charge in [-0.2, -0.15) is 0 Å². The number of aliphatic carboxylic acids is 1. The van der Waals surface area contributed by atoms with E-state index in [-0.39, 0.29) is 6.54 Å². The lowest BCUT2D eigenvalue weighted by Gasteiger charge is -2.10. The maximum Gasteiger partial charge on any atom is 0.321 e. The van der Waals surface area contributed by atoms with Gasteiger partial charge in [0.1, 0.15) is 5.01 Å². The van der Waals surface area contributed by atoms with E-state index in [4.69, 9.17) is 5.11 Å². The third-order valence-electron chi connectivity index (χ3n) is 2.34. The highest BCUT2D eigenvalue weighted by Gasteiger charge is 2.16. The van der Waals surface area contributed by atoms with Crippen molar-refractivity contribution in [3.05, 3.63) is 5.01 Å². The van der Waals surface area contributed by atoms with Gasteiger partial charge in [-0.1, -0.05) is 25.2 Å². The summed E-state index contributed by atoms with van der Waals surface area (Å²) >= 11 is 1.30. The minimum absolute atomic E-state index is 0.0944. The molecule has 0 spiro atoms. The number of carbonyl (C=O) groups is 2. The van der Waals surface area contributed by atoms with E-state index in [1.165, 1.54) is 11.3 Å². The first kappa shape index (κ1) is 14.4. The van der Waals surface area contributed by atoms with Gasteiger partial charge >= 0.3 is 12.0 Å². The number of amides is 2. The van der Waals surface area contributed by atoms with E-state index in [1.54, 1.807) is 6.92 Å². The lowest BCUT2D eigenvalue weighted by Crippen LogP contribution is -2.35. The molecule has 8 heteroatoms. The van der Waals surface area contributed by atoms with Crippen LogP contribution < -0.4 is 10.6 Å². The number of hydrogen-bond acceptors (Lipinski definition) is 5. The van der Waals surface area contributed by atoms with E-state index < -0.39 is 17.9 Å². The second-order valence-electron chi connectivity index (χ2n) is 3.63. The van der Waals surface area contributed by atoms with Crippen molar-refractivity contribution in [1.29, 1.82) is 0 Å². The van der Waals surface area contributed by atoms with Crippen molar-refractivity contribution in [3.8, 4) is 0 Å². The summed E-state index contributed by atoms with van der Waals surface area (Å²) in [5.74, 6) is -1.49. The Bertz CT molecular complexity index is 421. The van der Waals surface area contributed by atoms with Gasteiger partial charge in [-0.05, 0) is 12.8 Å². The van der Waals surface area contributed by atoms with Gasteiger partial charge in [0, 0.05) is 6.54 Å². The molecule has 0 fully saturated rings. The predicted octanol–water partition coefficient (Wildman–Crippen LogP) is 1.33. The van der Waals surface area contributed by atoms with Gasteiger partial charge in [0.2, 0.25) is 5.13 Å². The molecule has 1 unspecified atom stereocenters. The first-order valence-corrected chi connectivity index (χ1v) is 6.48. The molecule has 0 aliphatic heterocycles. The van der Waals surface area contributed by atoms with Crippen LogP contribution >= 0.6 is 11.3 Å². The molecule has 0 radical (unpaired) electrons. The van der Waals surface area contributed by atoms with Crippen LogP contribution in [0.3, 0.4) is 0 Å². The molecule has 100 valence electrons. The summed E-state index contributed by atoms with van der Waals surface area (Å²) in [5.41, 5.74) is 0. The Labute approximate surface area is 109 Å². The fourth-order valence-electron chi connectivity index (χ4n) is 1.21. The average molecular weight is 272 g/mol. The molecule has 1 rings (SSSR count). The zero-order valence-corrected chi connectivity index (χ0v) is 11.1. The Morgan fingerprint density at radius 2 is 2.11 bits per heavy atom. The van der Waals surface area contributed by atoms with Gasteiger partial charge in [0.05, 0.1) is 5.92 Å². The number of aryl methyl sites for hydroxylation is 1. The monoisotopic (exact) mass is 272 g/mol. The highest BCUT2D eigenvalue weighted by atomic mass is 32.1. The van der Waals surface area contributed by atoms with Crippen LogP contribution in [0.15, 0.2) is 0 Å². The summed E-state index contributed by atoms with van der Waals surface area (Å²) < 4.78 is 0. The molecule has 1 aromatic heterocycles. The minimum atomic E-state index is -0.915. The van der Waals surface area contributed by atoms with E-state index in [1.807, 2.05) is 6.92 Å². The van der Waals surface area contributed by atoms with Crippen molar-refractivity contribution in [3.63, 3.8) is 0 Å². The Hall–Kier alpha value is -1.70. The third kappa shape index (κ3) is 4.28. The topological polar surface area (TPSA) is 104 Å². The van der Waals surface area contributed by atoms with E-state index in [0.29, 0.717) is 11.6 Å². The van der Waals surface area contributed by atoms with E-state index in [2.05, 4.69) is 20.8 Å². The largest absolute Gasteiger partial charge is 0.481 e. The second-order valence-corrected chi connectivity index (χ2v) is 4.70. The third-order valence-corrected chi connectivity index (χ3v) is 3.32. The number of carbonyl (C=O) groups excluding carboxylic acids is 1. The Morgan fingerprint density at radius 3 is 2.61 bits per heavy atom. The van der Waals surface area contributed by atoms with E-state index in [0.717, 1.165) is 11.4 Å². The van der Waals surface area contributed by atoms with E-state index >= 15 is 0 Å². The van der Waals surface area contributed by atoms with Crippen LogP contribution in [0, 0.1) is 5.92 Å². The fraction of sp³-hybridized carbons (Fsp3) is 0.600. The SMILES string of the molecule is CCc1nnc(NC(=O)NCC(CC)C(=O)O)s1. The first-order chi connectivity index (χ1) is 8.56. The maximum absolute atomic E-state index is 11.5. The summed E-state index contributed by atoms with van der Waals surface area (Å²) in [4.78, 5) is 22.2. The lowest BCUT2D eigenvalue weighted by molar-refractivity contribution is -0.141. The van der Waals surface area contributed by atoms with Crippen LogP contribution in [-0.4, -0.2) is 33.8 Å². The fourth-order valence-corrected chi connectivity index (χ4v) is 1.89. The van der Waals surface area contributed by atoms with Gasteiger partial charge < -0.3 is 10.4 Å². The van der Waals surface area contributed by atoms with Crippen LogP contribution in [0.4, 0.5) is 9.93 Å². The number of carboxylic acid groups (broad SMARTS) is 1. The maximum atomic E-state index is 11.5. The molecule has 3 N–H and O–H groups in total. The number of anilines is 1. The molecule has 0 bridgehead atoms. The Balaban J connectivity index is 2.39. The van der Waals surface area contributed by atoms with Crippen molar-refractivity contribution in [2.75, 3.05) is 11.9 Å². The first-order valence-electron chi connectivity index (χ1n) is 5.66. The van der Waals surface area contributed by atoms with Crippen molar-refractivity contribution in [1.82, 2.24) is 15.5 Å². The number of carboxylic acids is 1. The minimum Gasteiger partial charge on any atom is -0.481 e. The standard InChI is InChI=1S/C10H16N4O3S/c1-3-6(8(15)16)5-11-9(17)12-10-14-13-7(4-2)18-10/h6H,3-5H2,1-2H3,(H,15,16)(H2,11,12,14,17). The molecule has 1 heterocycles. The molecule has 7 nitrogen and oxygen atoms in total. The van der Waals surface area contributed by atoms with Crippen molar-refractivity contribution >= 4 is 28.5 Å². The van der Waals surface area contributed by atoms with Crippen molar-refractivity contribution in [2.24, 2.45) is 5.92 Å². The van der Waals surface area contributed by atoms with Gasteiger partial charge in [0.15, 0.2) is 0 Å². The van der Waals surface area contributed by atoms with Gasteiger partial charge in [-0.3, -0.25) is 10.1 Å². The predicted molar refractivity (Wildman–Crippen MR) is 67.7 cm³/mol. The summed E-state index contributed by atoms with van der Waals surface area (Å²) in [6.45, 7) is 3.80. The summed E-state index contributed by atoms with van der Waals surface area (Å²) in [6.07, 6.45) is 1.23. The lowest BCUT2D eigenvalue weighted by atomic mass is 10.1. The van der Waals surface area contributed by atoms with Crippen LogP contribution in [-0.2, 0) is 11.2 Å². The van der Waals surface area contributed by atoms with Crippen LogP contribution in [0.2, 0.25) is 0 Å². The summed E-state index contributed by atoms with van der Waals surface area (Å²) in [5, 5.41) is 22.7. The molecule has 1 atom stereocenters. The molecule has 0 saturated heterocycles. The molecule has 0 saturated carbocycles. The summed E-state index contributed by atoms with van der Waals surface area (Å²) in [7, 11) is 0. The number of hydrogen-bond donors (Lipinski definition) is 3. The van der Waals surface area contributed by atoms with Crippen LogP contribution in [0.5, 0.6) is 0 Å². The average Bonchev–Trinajstić information content (AvgIpc) is 2.77. The Morgan fingerprint density at radius 1 is 1.39 bits per heavy atom. The quantitative estimate of drug-likeness (QED) is 0.724. The van der Waals surface area contributed by atoms with Crippen LogP contribution in [0.25, 0.3) is 0 Å². The van der Waals surface area contributed by atoms with Crippen LogP contribution in [0.1, 0.15) is 25.3 Å². The zero-order chi connectivity index (χ0) is 13.5. The molecule has 0 aromatic carbocycles. The molecule has 2 amide bonds. The number of urea groups is 1. The normalized spacial score (nSPS) is 11.9. The number of aromatic nitrogens is 2. The van der Waals surface area contributed by atoms with Crippen molar-refractivity contribution in [2.45, 2.75) is 26.7 Å². The number of rotatable bonds is 6. The highest BCUT2D eigenvalue weighted by molar-refractivity contribution is 7.15. The number of nitrogens with zero attached hydrogens (tertiary/aromatic N) is 2. The van der Waals surface area contributed by atoms with Gasteiger partial charge in [-0.15, -0.1) is 10.2 Å². The Kier molecular flexibility index (Phi) is 5.50. The van der Waals surface area contributed by atoms with E-state index in [9.17, 15) is 9.59 Å². The summed E-state index contributed by atoms with van der Waals surface area (Å²) in [6, 6.07) is -0.464. The van der Waals surface area contributed by atoms with Crippen molar-refractivity contribution < 1.29 is 14.7 Å². The number of nitrogens with one attached hydrogen (secondary N) is 2. The highest BCUT2D eigenvalue weighted by Crippen LogP contribution is 2.14. The molecule has 0 aliphatic carbocycles. The second kappa shape index (κ2) is 6.90. The molecule has 0 aliphatic rings. The molecular formula is C10H16N4O3S. The molecular weight excluding hydrogens is 256 g/mol. The zero-order valence-electron chi connectivity index (χ0n) is 10.3. The van der Waals surface area contributed by atoms with Gasteiger partial charge in [0.25, 0.3) is 0 Å². The molecule has 1 aromatic rings. The smallest absolute Gasteiger partial charge is 0.321 e. The van der Waals surface area contributed by atoms with Gasteiger partial charge in [-0.25, -0.2) is 4.79 Å². The molecule has 18 heavy (non-hydrogen) atoms.